The van der Waals surface area contributed by atoms with Crippen molar-refractivity contribution in [3.63, 3.8) is 0 Å². The number of aromatic nitrogens is 1. The van der Waals surface area contributed by atoms with E-state index in [4.69, 9.17) is 17.0 Å². The molecule has 2 aromatic carbocycles. The summed E-state index contributed by atoms with van der Waals surface area (Å²) in [5.74, 6) is -1.39. The number of carboxylic acids is 1. The molecular formula is C24H24ClFN4O3. The number of nitrogens with one attached hydrogen (secondary N) is 1. The van der Waals surface area contributed by atoms with Crippen LogP contribution in [0.2, 0.25) is 5.02 Å². The van der Waals surface area contributed by atoms with E-state index in [1.807, 2.05) is 28.9 Å². The van der Waals surface area contributed by atoms with Crippen LogP contribution in [-0.2, 0) is 13.0 Å². The summed E-state index contributed by atoms with van der Waals surface area (Å²) in [7, 11) is 0. The molecule has 7 nitrogen and oxygen atoms in total. The van der Waals surface area contributed by atoms with Gasteiger partial charge in [0.2, 0.25) is 5.43 Å². The second-order valence-electron chi connectivity index (χ2n) is 8.01. The lowest BCUT2D eigenvalue weighted by Crippen LogP contribution is -2.49. The number of pyridine rings is 1. The third-order valence-corrected chi connectivity index (χ3v) is 6.26. The maximum Gasteiger partial charge on any atom is 0.341 e. The summed E-state index contributed by atoms with van der Waals surface area (Å²) in [6.07, 6.45) is 1.81. The first-order valence-electron chi connectivity index (χ1n) is 10.7. The summed E-state index contributed by atoms with van der Waals surface area (Å²) >= 11 is 5.92. The Morgan fingerprint density at radius 1 is 1.15 bits per heavy atom. The van der Waals surface area contributed by atoms with Crippen molar-refractivity contribution in [1.82, 2.24) is 9.47 Å². The average molecular weight is 471 g/mol. The summed E-state index contributed by atoms with van der Waals surface area (Å²) in [4.78, 5) is 27.8. The first-order valence-corrected chi connectivity index (χ1v) is 11.1. The van der Waals surface area contributed by atoms with Gasteiger partial charge < -0.3 is 19.5 Å². The van der Waals surface area contributed by atoms with Crippen molar-refractivity contribution in [3.8, 4) is 0 Å². The molecule has 0 atom stereocenters. The highest BCUT2D eigenvalue weighted by molar-refractivity contribution is 6.30. The molecule has 1 fully saturated rings. The molecule has 0 unspecified atom stereocenters. The zero-order chi connectivity index (χ0) is 23.7. The van der Waals surface area contributed by atoms with Gasteiger partial charge in [-0.3, -0.25) is 10.2 Å². The fraction of sp³-hybridized carbons (Fsp3) is 0.292. The van der Waals surface area contributed by atoms with Crippen molar-refractivity contribution in [2.24, 2.45) is 0 Å². The molecule has 2 N–H and O–H groups in total. The lowest BCUT2D eigenvalue weighted by molar-refractivity contribution is 0.0695. The zero-order valence-electron chi connectivity index (χ0n) is 18.1. The van der Waals surface area contributed by atoms with Crippen molar-refractivity contribution in [3.05, 3.63) is 74.8 Å². The first kappa shape index (κ1) is 22.8. The maximum absolute atomic E-state index is 15.0. The highest BCUT2D eigenvalue weighted by Crippen LogP contribution is 2.26. The predicted molar refractivity (Wildman–Crippen MR) is 127 cm³/mol. The number of rotatable bonds is 5. The quantitative estimate of drug-likeness (QED) is 0.436. The number of nitrogens with zero attached hydrogens (tertiary/aromatic N) is 3. The van der Waals surface area contributed by atoms with Crippen LogP contribution < -0.4 is 10.3 Å². The van der Waals surface area contributed by atoms with E-state index >= 15 is 4.39 Å². The van der Waals surface area contributed by atoms with Crippen molar-refractivity contribution in [2.45, 2.75) is 19.9 Å². The largest absolute Gasteiger partial charge is 0.477 e. The van der Waals surface area contributed by atoms with Gasteiger partial charge in [0.25, 0.3) is 0 Å². The molecule has 1 aliphatic rings. The van der Waals surface area contributed by atoms with E-state index in [-0.39, 0.29) is 10.9 Å². The highest BCUT2D eigenvalue weighted by Gasteiger charge is 2.23. The van der Waals surface area contributed by atoms with Crippen LogP contribution in [0.5, 0.6) is 0 Å². The minimum atomic E-state index is -1.33. The fourth-order valence-electron chi connectivity index (χ4n) is 4.18. The molecule has 33 heavy (non-hydrogen) atoms. The zero-order valence-corrected chi connectivity index (χ0v) is 18.9. The van der Waals surface area contributed by atoms with Crippen LogP contribution >= 0.6 is 11.6 Å². The van der Waals surface area contributed by atoms with Crippen molar-refractivity contribution >= 4 is 40.0 Å². The van der Waals surface area contributed by atoms with E-state index in [0.717, 1.165) is 11.6 Å². The van der Waals surface area contributed by atoms with E-state index < -0.39 is 17.2 Å². The first-order chi connectivity index (χ1) is 15.8. The van der Waals surface area contributed by atoms with Gasteiger partial charge in [-0.25, -0.2) is 9.18 Å². The summed E-state index contributed by atoms with van der Waals surface area (Å²) < 4.78 is 16.7. The van der Waals surface area contributed by atoms with Gasteiger partial charge >= 0.3 is 5.97 Å². The standard InChI is InChI=1S/C24H24ClFN4O3/c1-2-28-14-18(24(32)33)23(31)17-12-19(26)21(13-20(17)28)29-7-9-30(10-8-29)22(27)11-15-3-5-16(25)6-4-15/h3-6,12-14,27H,2,7-11H2,1H3,(H,32,33). The number of carboxylic acid groups (broad SMARTS) is 1. The fourth-order valence-corrected chi connectivity index (χ4v) is 4.31. The number of aryl methyl sites for hydroxylation is 1. The molecule has 0 aliphatic carbocycles. The number of carbonyl (C=O) groups is 1. The number of anilines is 1. The SMILES string of the molecule is CCn1cc(C(=O)O)c(=O)c2cc(F)c(N3CCN(C(=N)Cc4ccc(Cl)cc4)CC3)cc21. The van der Waals surface area contributed by atoms with Gasteiger partial charge in [-0.2, -0.15) is 0 Å². The maximum atomic E-state index is 15.0. The number of amidine groups is 1. The molecule has 1 aliphatic heterocycles. The van der Waals surface area contributed by atoms with E-state index in [1.165, 1.54) is 6.20 Å². The van der Waals surface area contributed by atoms with Gasteiger partial charge in [0.05, 0.1) is 11.2 Å². The Morgan fingerprint density at radius 2 is 1.82 bits per heavy atom. The van der Waals surface area contributed by atoms with Crippen molar-refractivity contribution < 1.29 is 14.3 Å². The average Bonchev–Trinajstić information content (AvgIpc) is 2.80. The van der Waals surface area contributed by atoms with Crippen molar-refractivity contribution in [2.75, 3.05) is 31.1 Å². The van der Waals surface area contributed by atoms with Crippen LogP contribution in [0.3, 0.4) is 0 Å². The Labute approximate surface area is 195 Å². The molecular weight excluding hydrogens is 447 g/mol. The third-order valence-electron chi connectivity index (χ3n) is 6.01. The Kier molecular flexibility index (Phi) is 6.37. The molecule has 2 heterocycles. The number of hydrogen-bond acceptors (Lipinski definition) is 4. The molecule has 172 valence electrons. The Morgan fingerprint density at radius 3 is 2.42 bits per heavy atom. The molecule has 4 rings (SSSR count). The molecule has 0 amide bonds. The lowest BCUT2D eigenvalue weighted by atomic mass is 10.1. The minimum Gasteiger partial charge on any atom is -0.477 e. The van der Waals surface area contributed by atoms with Gasteiger partial charge in [-0.15, -0.1) is 0 Å². The number of piperazine rings is 1. The van der Waals surface area contributed by atoms with Crippen LogP contribution in [0.1, 0.15) is 22.8 Å². The monoisotopic (exact) mass is 470 g/mol. The van der Waals surface area contributed by atoms with Crippen LogP contribution in [0.15, 0.2) is 47.4 Å². The third kappa shape index (κ3) is 4.57. The second kappa shape index (κ2) is 9.23. The molecule has 0 bridgehead atoms. The lowest BCUT2D eigenvalue weighted by Gasteiger charge is -2.37. The summed E-state index contributed by atoms with van der Waals surface area (Å²) in [6.45, 7) is 4.47. The predicted octanol–water partition coefficient (Wildman–Crippen LogP) is 3.85. The summed E-state index contributed by atoms with van der Waals surface area (Å²) in [6, 6.07) is 10.2. The van der Waals surface area contributed by atoms with Gasteiger partial charge in [0.1, 0.15) is 17.2 Å². The normalized spacial score (nSPS) is 14.0. The molecule has 9 heteroatoms. The highest BCUT2D eigenvalue weighted by atomic mass is 35.5. The molecule has 1 saturated heterocycles. The van der Waals surface area contributed by atoms with Crippen molar-refractivity contribution in [1.29, 1.82) is 5.41 Å². The summed E-state index contributed by atoms with van der Waals surface area (Å²) in [5, 5.41) is 18.5. The van der Waals surface area contributed by atoms with E-state index in [1.54, 1.807) is 22.8 Å². The molecule has 0 spiro atoms. The van der Waals surface area contributed by atoms with Gasteiger partial charge in [-0.1, -0.05) is 23.7 Å². The minimum absolute atomic E-state index is 0.0568. The topological polar surface area (TPSA) is 89.6 Å². The van der Waals surface area contributed by atoms with Crippen LogP contribution in [0.25, 0.3) is 10.9 Å². The van der Waals surface area contributed by atoms with E-state index in [0.29, 0.717) is 61.2 Å². The van der Waals surface area contributed by atoms with E-state index in [2.05, 4.69) is 0 Å². The molecule has 0 saturated carbocycles. The molecule has 0 radical (unpaired) electrons. The van der Waals surface area contributed by atoms with Gasteiger partial charge in [0, 0.05) is 55.8 Å². The number of fused-ring (bicyclic) bond motifs is 1. The molecule has 1 aromatic heterocycles. The van der Waals surface area contributed by atoms with Gasteiger partial charge in [0.15, 0.2) is 0 Å². The van der Waals surface area contributed by atoms with Gasteiger partial charge in [-0.05, 0) is 36.8 Å². The number of hydrogen-bond donors (Lipinski definition) is 2. The smallest absolute Gasteiger partial charge is 0.341 e. The van der Waals surface area contributed by atoms with Crippen LogP contribution in [0.4, 0.5) is 10.1 Å². The Bertz CT molecular complexity index is 1280. The number of aromatic carboxylic acids is 1. The number of benzene rings is 2. The molecule has 3 aromatic rings. The van der Waals surface area contributed by atoms with Crippen LogP contribution in [0, 0.1) is 11.2 Å². The van der Waals surface area contributed by atoms with E-state index in [9.17, 15) is 14.7 Å². The number of halogens is 2. The van der Waals surface area contributed by atoms with Crippen LogP contribution in [-0.4, -0.2) is 52.6 Å². The Hall–Kier alpha value is -3.39. The second-order valence-corrected chi connectivity index (χ2v) is 8.44. The Balaban J connectivity index is 1.54. The summed E-state index contributed by atoms with van der Waals surface area (Å²) in [5.41, 5.74) is 0.820.